The van der Waals surface area contributed by atoms with Gasteiger partial charge < -0.3 is 11.1 Å². The number of rotatable bonds is 3. The first kappa shape index (κ1) is 13.8. The van der Waals surface area contributed by atoms with Gasteiger partial charge in [-0.05, 0) is 17.7 Å². The monoisotopic (exact) mass is 273 g/mol. The van der Waals surface area contributed by atoms with Gasteiger partial charge in [0.1, 0.15) is 6.04 Å². The van der Waals surface area contributed by atoms with Crippen LogP contribution in [0.5, 0.6) is 0 Å². The molecule has 1 aromatic carbocycles. The molecular formula is C12H14F3N3O. The minimum Gasteiger partial charge on any atom is -0.368 e. The molecule has 0 radical (unpaired) electrons. The lowest BCUT2D eigenvalue weighted by molar-refractivity contribution is -0.123. The first-order chi connectivity index (χ1) is 9.00. The van der Waals surface area contributed by atoms with Gasteiger partial charge in [0.05, 0.1) is 0 Å². The molecule has 1 aliphatic heterocycles. The molecular weight excluding hydrogens is 259 g/mol. The Morgan fingerprint density at radius 2 is 1.74 bits per heavy atom. The predicted octanol–water partition coefficient (Wildman–Crippen LogP) is 0.535. The minimum atomic E-state index is -1.55. The Hall–Kier alpha value is -1.60. The highest BCUT2D eigenvalue weighted by molar-refractivity contribution is 5.81. The van der Waals surface area contributed by atoms with Crippen LogP contribution in [-0.2, 0) is 4.79 Å². The van der Waals surface area contributed by atoms with Gasteiger partial charge in [-0.2, -0.15) is 0 Å². The summed E-state index contributed by atoms with van der Waals surface area (Å²) in [5.41, 5.74) is 5.33. The maximum Gasteiger partial charge on any atom is 0.239 e. The molecule has 2 rings (SSSR count). The SMILES string of the molecule is NC(=O)C(c1cc(F)c(F)c(F)c1)N1CCNCC1. The van der Waals surface area contributed by atoms with Gasteiger partial charge in [0.15, 0.2) is 17.5 Å². The second-order valence-corrected chi connectivity index (χ2v) is 4.39. The molecule has 0 spiro atoms. The van der Waals surface area contributed by atoms with E-state index in [1.807, 2.05) is 0 Å². The smallest absolute Gasteiger partial charge is 0.239 e. The van der Waals surface area contributed by atoms with Crippen LogP contribution in [0.4, 0.5) is 13.2 Å². The molecule has 0 bridgehead atoms. The average Bonchev–Trinajstić information content (AvgIpc) is 2.37. The number of nitrogens with two attached hydrogens (primary N) is 1. The first-order valence-corrected chi connectivity index (χ1v) is 5.89. The third kappa shape index (κ3) is 2.87. The summed E-state index contributed by atoms with van der Waals surface area (Å²) < 4.78 is 39.4. The second kappa shape index (κ2) is 5.58. The lowest BCUT2D eigenvalue weighted by Gasteiger charge is -2.33. The number of halogens is 3. The third-order valence-corrected chi connectivity index (χ3v) is 3.11. The number of carbonyl (C=O) groups excluding carboxylic acids is 1. The van der Waals surface area contributed by atoms with Gasteiger partial charge in [-0.25, -0.2) is 13.2 Å². The quantitative estimate of drug-likeness (QED) is 0.790. The zero-order valence-corrected chi connectivity index (χ0v) is 10.1. The maximum atomic E-state index is 13.2. The summed E-state index contributed by atoms with van der Waals surface area (Å²) in [4.78, 5) is 13.2. The van der Waals surface area contributed by atoms with E-state index < -0.39 is 29.4 Å². The number of primary amides is 1. The van der Waals surface area contributed by atoms with Crippen molar-refractivity contribution in [1.82, 2.24) is 10.2 Å². The summed E-state index contributed by atoms with van der Waals surface area (Å²) in [7, 11) is 0. The summed E-state index contributed by atoms with van der Waals surface area (Å²) in [6.45, 7) is 2.34. The van der Waals surface area contributed by atoms with Crippen LogP contribution in [0.3, 0.4) is 0 Å². The Balaban J connectivity index is 2.36. The van der Waals surface area contributed by atoms with Crippen LogP contribution < -0.4 is 11.1 Å². The summed E-state index contributed by atoms with van der Waals surface area (Å²) in [5, 5.41) is 3.09. The molecule has 1 heterocycles. The topological polar surface area (TPSA) is 58.4 Å². The fourth-order valence-electron chi connectivity index (χ4n) is 2.23. The van der Waals surface area contributed by atoms with Gasteiger partial charge in [0.25, 0.3) is 0 Å². The maximum absolute atomic E-state index is 13.2. The van der Waals surface area contributed by atoms with Crippen LogP contribution in [0.25, 0.3) is 0 Å². The van der Waals surface area contributed by atoms with Crippen LogP contribution >= 0.6 is 0 Å². The summed E-state index contributed by atoms with van der Waals surface area (Å²) in [5.74, 6) is -4.91. The van der Waals surface area contributed by atoms with Crippen molar-refractivity contribution in [2.75, 3.05) is 26.2 Å². The van der Waals surface area contributed by atoms with Crippen molar-refractivity contribution >= 4 is 5.91 Å². The van der Waals surface area contributed by atoms with Gasteiger partial charge >= 0.3 is 0 Å². The fourth-order valence-corrected chi connectivity index (χ4v) is 2.23. The number of hydrogen-bond donors (Lipinski definition) is 2. The Morgan fingerprint density at radius 3 is 2.21 bits per heavy atom. The molecule has 19 heavy (non-hydrogen) atoms. The molecule has 7 heteroatoms. The number of nitrogens with zero attached hydrogens (tertiary/aromatic N) is 1. The van der Waals surface area contributed by atoms with Gasteiger partial charge in [0, 0.05) is 26.2 Å². The molecule has 3 N–H and O–H groups in total. The Kier molecular flexibility index (Phi) is 4.06. The Labute approximate surface area is 108 Å². The lowest BCUT2D eigenvalue weighted by Crippen LogP contribution is -2.48. The Bertz CT molecular complexity index is 466. The zero-order valence-electron chi connectivity index (χ0n) is 10.1. The standard InChI is InChI=1S/C12H14F3N3O/c13-8-5-7(6-9(14)10(8)15)11(12(16)19)18-3-1-17-2-4-18/h5-6,11,17H,1-4H2,(H2,16,19). The first-order valence-electron chi connectivity index (χ1n) is 5.89. The van der Waals surface area contributed by atoms with Crippen LogP contribution in [0.2, 0.25) is 0 Å². The lowest BCUT2D eigenvalue weighted by atomic mass is 10.0. The number of benzene rings is 1. The van der Waals surface area contributed by atoms with Crippen molar-refractivity contribution in [1.29, 1.82) is 0 Å². The second-order valence-electron chi connectivity index (χ2n) is 4.39. The van der Waals surface area contributed by atoms with Gasteiger partial charge in [-0.1, -0.05) is 0 Å². The molecule has 1 atom stereocenters. The van der Waals surface area contributed by atoms with E-state index >= 15 is 0 Å². The highest BCUT2D eigenvalue weighted by Crippen LogP contribution is 2.24. The third-order valence-electron chi connectivity index (χ3n) is 3.11. The number of amides is 1. The largest absolute Gasteiger partial charge is 0.368 e. The van der Waals surface area contributed by atoms with Gasteiger partial charge in [-0.3, -0.25) is 9.69 Å². The van der Waals surface area contributed by atoms with E-state index in [4.69, 9.17) is 5.73 Å². The Morgan fingerprint density at radius 1 is 1.21 bits per heavy atom. The number of carbonyl (C=O) groups is 1. The van der Waals surface area contributed by atoms with E-state index in [0.29, 0.717) is 26.2 Å². The van der Waals surface area contributed by atoms with Crippen molar-refractivity contribution in [2.24, 2.45) is 5.73 Å². The molecule has 4 nitrogen and oxygen atoms in total. The minimum absolute atomic E-state index is 0.0331. The molecule has 1 fully saturated rings. The van der Waals surface area contributed by atoms with Crippen molar-refractivity contribution < 1.29 is 18.0 Å². The molecule has 1 amide bonds. The molecule has 0 aromatic heterocycles. The van der Waals surface area contributed by atoms with Gasteiger partial charge in [0.2, 0.25) is 5.91 Å². The summed E-state index contributed by atoms with van der Waals surface area (Å²) in [6, 6.07) is 0.679. The van der Waals surface area contributed by atoms with Crippen molar-refractivity contribution in [3.05, 3.63) is 35.1 Å². The van der Waals surface area contributed by atoms with E-state index in [0.717, 1.165) is 12.1 Å². The van der Waals surface area contributed by atoms with Crippen molar-refractivity contribution in [3.8, 4) is 0 Å². The highest BCUT2D eigenvalue weighted by atomic mass is 19.2. The molecule has 0 saturated carbocycles. The van der Waals surface area contributed by atoms with E-state index in [2.05, 4.69) is 5.32 Å². The van der Waals surface area contributed by atoms with Gasteiger partial charge in [-0.15, -0.1) is 0 Å². The molecule has 104 valence electrons. The zero-order chi connectivity index (χ0) is 14.0. The summed E-state index contributed by atoms with van der Waals surface area (Å²) in [6.07, 6.45) is 0. The molecule has 1 aromatic rings. The van der Waals surface area contributed by atoms with Crippen molar-refractivity contribution in [3.63, 3.8) is 0 Å². The number of nitrogens with one attached hydrogen (secondary N) is 1. The van der Waals surface area contributed by atoms with E-state index in [1.54, 1.807) is 4.90 Å². The molecule has 1 saturated heterocycles. The molecule has 0 aliphatic carbocycles. The van der Waals surface area contributed by atoms with E-state index in [9.17, 15) is 18.0 Å². The van der Waals surface area contributed by atoms with Crippen LogP contribution in [0, 0.1) is 17.5 Å². The predicted molar refractivity (Wildman–Crippen MR) is 62.7 cm³/mol. The average molecular weight is 273 g/mol. The number of hydrogen-bond acceptors (Lipinski definition) is 3. The number of piperazine rings is 1. The van der Waals surface area contributed by atoms with Crippen LogP contribution in [0.15, 0.2) is 12.1 Å². The molecule has 1 unspecified atom stereocenters. The van der Waals surface area contributed by atoms with Crippen LogP contribution in [-0.4, -0.2) is 37.0 Å². The van der Waals surface area contributed by atoms with Crippen molar-refractivity contribution in [2.45, 2.75) is 6.04 Å². The summed E-state index contributed by atoms with van der Waals surface area (Å²) >= 11 is 0. The fraction of sp³-hybridized carbons (Fsp3) is 0.417. The molecule has 1 aliphatic rings. The van der Waals surface area contributed by atoms with Crippen LogP contribution in [0.1, 0.15) is 11.6 Å². The highest BCUT2D eigenvalue weighted by Gasteiger charge is 2.28. The normalized spacial score (nSPS) is 18.3. The van der Waals surface area contributed by atoms with E-state index in [-0.39, 0.29) is 5.56 Å². The van der Waals surface area contributed by atoms with E-state index in [1.165, 1.54) is 0 Å².